The molecule has 14 unspecified atom stereocenters. The second-order valence-corrected chi connectivity index (χ2v) is 30.5. The molecule has 17 N–H and O–H groups in total. The Morgan fingerprint density at radius 3 is 1.35 bits per heavy atom. The maximum Gasteiger partial charge on any atom is 0.310 e. The number of carbonyl (C=O) groups is 11. The van der Waals surface area contributed by atoms with Crippen molar-refractivity contribution in [1.82, 2.24) is 37.2 Å². The van der Waals surface area contributed by atoms with E-state index in [1.165, 1.54) is 80.6 Å². The van der Waals surface area contributed by atoms with Crippen LogP contribution < -0.4 is 95.2 Å². The van der Waals surface area contributed by atoms with E-state index in [1.54, 1.807) is 36.4 Å². The summed E-state index contributed by atoms with van der Waals surface area (Å²) in [6.45, 7) is 0.535. The molecule has 0 spiro atoms. The second kappa shape index (κ2) is 40.0. The van der Waals surface area contributed by atoms with E-state index in [4.69, 9.17) is 66.3 Å². The number of rotatable bonds is 33. The molecule has 18 atom stereocenters. The van der Waals surface area contributed by atoms with Gasteiger partial charge in [0.15, 0.2) is 58.4 Å². The number of hydrogen-bond donors (Lipinski definition) is 17. The summed E-state index contributed by atoms with van der Waals surface area (Å²) in [7, 11) is 8.55. The number of esters is 2. The minimum absolute atomic E-state index is 0.0217. The molecule has 8 aliphatic rings. The van der Waals surface area contributed by atoms with E-state index in [2.05, 4.69) is 47.9 Å². The number of aliphatic hydroxyl groups excluding tert-OH is 6. The number of carbonyl (C=O) groups excluding carboxylic acids is 11. The van der Waals surface area contributed by atoms with Crippen molar-refractivity contribution in [2.45, 2.75) is 132 Å². The van der Waals surface area contributed by atoms with Crippen molar-refractivity contribution in [3.63, 3.8) is 0 Å². The van der Waals surface area contributed by atoms with Crippen molar-refractivity contribution in [2.24, 2.45) is 29.6 Å². The molecule has 42 heteroatoms. The van der Waals surface area contributed by atoms with E-state index in [9.17, 15) is 93.6 Å². The Morgan fingerprint density at radius 2 is 0.927 bits per heavy atom. The smallest absolute Gasteiger partial charge is 0.310 e. The molecule has 670 valence electrons. The Labute approximate surface area is 707 Å². The Hall–Kier alpha value is -12.1. The summed E-state index contributed by atoms with van der Waals surface area (Å²) in [5, 5.41) is 111. The number of aromatic hydroxyl groups is 2. The molecule has 4 fully saturated rings. The summed E-state index contributed by atoms with van der Waals surface area (Å²) >= 11 is 0. The molecule has 0 bridgehead atoms. The number of hydrogen-bond acceptors (Lipinski definition) is 35. The molecule has 0 saturated carbocycles. The maximum absolute atomic E-state index is 13.6. The predicted octanol–water partition coefficient (Wildman–Crippen LogP) is -2.12. The first kappa shape index (κ1) is 91.1. The maximum atomic E-state index is 13.6. The van der Waals surface area contributed by atoms with Crippen LogP contribution in [0.5, 0.6) is 69.0 Å². The predicted molar refractivity (Wildman–Crippen MR) is 423 cm³/mol. The fourth-order valence-corrected chi connectivity index (χ4v) is 16.3. The molecule has 124 heavy (non-hydrogen) atoms. The Balaban J connectivity index is 0.000000228. The van der Waals surface area contributed by atoms with Gasteiger partial charge in [0, 0.05) is 64.9 Å². The standard InChI is InChI=1S/C44H51N5O17.C38H48N4O16/c1-19(50)15-46-30(51)10-9-26(45-2)41(57)47-16-31(52)48-22-5-7-23(8-6-22)49-42(58)40-36(55)35(54)37(56)44(66-40)65-38-25-11-21-17-62-43(59)33(21)32(24(25)14-29-39(38)64-18-63-29)20-12-27(60-3)34(53)28(13-20)61-4;1-16(44)11-40-26(45)6-5-22(39-2)35(49)41-12-27(46)42-30-21(13-43)31(47)38(58-37(30)51)57-33-20-7-18-14-54-36(50)29(18)28(19(20)10-25-34(33)56-15-55-25)17-8-23(52-3)32(48)24(9-17)53-4/h5-8,12-14,21,26,32-33,35-37,40,44-45,53-56H,9-11,15-18H2,1-4H3,(H,46,51)(H,47,57)(H,48,52)(H,49,58);8-10,18,21-22,28-31,37-39,43,47-48,51H,5-7,11-15H2,1-4H3,(H,40,45)(H,41,49)(H,42,46)/t21?,26?,32-,33+,35?,36?,37?,40?,44?;18?,21?,22?,28-,29+,30?,31?,37?,38?/m11/s1. The average molecular weight is 1740 g/mol. The van der Waals surface area contributed by atoms with Crippen LogP contribution in [0.25, 0.3) is 0 Å². The second-order valence-electron chi connectivity index (χ2n) is 30.5. The van der Waals surface area contributed by atoms with Crippen LogP contribution in [0.3, 0.4) is 0 Å². The van der Waals surface area contributed by atoms with Gasteiger partial charge in [0.2, 0.25) is 84.6 Å². The minimum Gasteiger partial charge on any atom is -0.502 e. The summed E-state index contributed by atoms with van der Waals surface area (Å²) < 4.78 is 80.2. The lowest BCUT2D eigenvalue weighted by Crippen LogP contribution is -2.63. The average Bonchev–Trinajstić information content (AvgIpc) is 1.49. The number of anilines is 2. The molecule has 0 radical (unpaired) electrons. The van der Waals surface area contributed by atoms with E-state index < -0.39 is 170 Å². The van der Waals surface area contributed by atoms with Crippen LogP contribution in [0.1, 0.15) is 84.7 Å². The highest BCUT2D eigenvalue weighted by molar-refractivity contribution is 5.97. The highest BCUT2D eigenvalue weighted by Gasteiger charge is 2.55. The summed E-state index contributed by atoms with van der Waals surface area (Å²) in [6.07, 6.45) is -13.7. The molecule has 7 amide bonds. The molecule has 5 aromatic carbocycles. The first-order valence-corrected chi connectivity index (χ1v) is 39.6. The van der Waals surface area contributed by atoms with Gasteiger partial charge in [-0.1, -0.05) is 0 Å². The van der Waals surface area contributed by atoms with Gasteiger partial charge in [0.25, 0.3) is 5.91 Å². The van der Waals surface area contributed by atoms with Gasteiger partial charge >= 0.3 is 11.9 Å². The number of phenolic OH excluding ortho intramolecular Hbond substituents is 2. The van der Waals surface area contributed by atoms with Crippen molar-refractivity contribution < 1.29 is 160 Å². The quantitative estimate of drug-likeness (QED) is 0.0200. The molecule has 5 aromatic rings. The first-order chi connectivity index (χ1) is 59.4. The van der Waals surface area contributed by atoms with Crippen molar-refractivity contribution in [3.05, 3.63) is 94.0 Å². The van der Waals surface area contributed by atoms with E-state index in [-0.39, 0.29) is 176 Å². The third kappa shape index (κ3) is 19.9. The number of ketones is 2. The number of amides is 7. The minimum atomic E-state index is -1.93. The van der Waals surface area contributed by atoms with Gasteiger partial charge in [-0.2, -0.15) is 0 Å². The third-order valence-electron chi connectivity index (χ3n) is 22.6. The molecule has 0 aromatic heterocycles. The topological polar surface area (TPSA) is 587 Å². The number of likely N-dealkylation sites (N-methyl/N-ethyl adjacent to an activating group) is 2. The van der Waals surface area contributed by atoms with E-state index >= 15 is 0 Å². The number of benzene rings is 5. The zero-order valence-electron chi connectivity index (χ0n) is 68.6. The lowest BCUT2D eigenvalue weighted by molar-refractivity contribution is -0.288. The van der Waals surface area contributed by atoms with E-state index in [0.29, 0.717) is 39.1 Å². The van der Waals surface area contributed by atoms with Crippen molar-refractivity contribution in [2.75, 3.05) is 113 Å². The van der Waals surface area contributed by atoms with Crippen molar-refractivity contribution >= 4 is 76.2 Å². The lowest BCUT2D eigenvalue weighted by Gasteiger charge is -2.43. The van der Waals surface area contributed by atoms with E-state index in [0.717, 1.165) is 0 Å². The molecule has 6 aliphatic heterocycles. The Bertz CT molecular complexity index is 4810. The molecule has 42 nitrogen and oxygen atoms in total. The van der Waals surface area contributed by atoms with Crippen LogP contribution in [0.15, 0.2) is 60.7 Å². The number of Topliss-reactive ketones (excluding diaryl/α,β-unsaturated/α-hetero) is 2. The number of phenols is 2. The largest absolute Gasteiger partial charge is 0.502 e. The first-order valence-electron chi connectivity index (χ1n) is 39.6. The van der Waals surface area contributed by atoms with Crippen LogP contribution >= 0.6 is 0 Å². The van der Waals surface area contributed by atoms with Crippen LogP contribution in [-0.4, -0.2) is 275 Å². The summed E-state index contributed by atoms with van der Waals surface area (Å²) in [5.41, 5.74) is 3.81. The summed E-state index contributed by atoms with van der Waals surface area (Å²) in [6, 6.07) is 12.6. The highest BCUT2D eigenvalue weighted by atomic mass is 16.8. The van der Waals surface area contributed by atoms with E-state index in [1.807, 2.05) is 0 Å². The SMILES string of the molecule is CNC(CCC(=O)NCC(C)=O)C(=O)NCC(=O)NC1C(O)OC(Oc2c3c(cc4c2OCO4)[C@@H](c2cc(OC)c(O)c(OC)c2)[C@H]2C(=O)OCC2C3)C(O)C1CO.CNC(CCC(=O)NCC(C)=O)C(=O)NCC(=O)Nc1ccc(NC(=O)C2OC(Oc3c4c(cc5c3OCO5)[C@@H](c3cc(OC)c(O)c(OC)c3)[C@H]3C(=O)OCC3C4)C(O)C(O)C2O)cc1. The molecule has 4 saturated heterocycles. The number of aliphatic hydroxyl groups is 6. The fraction of sp³-hybridized carbons (Fsp3) is 0.500. The molecule has 2 aliphatic carbocycles. The number of ether oxygens (including phenoxy) is 14. The Morgan fingerprint density at radius 1 is 0.500 bits per heavy atom. The summed E-state index contributed by atoms with van der Waals surface area (Å²) in [5.74, 6) is -9.30. The number of cyclic esters (lactones) is 2. The van der Waals surface area contributed by atoms with Crippen LogP contribution in [0.2, 0.25) is 0 Å². The monoisotopic (exact) mass is 1740 g/mol. The molecule has 13 rings (SSSR count). The number of methoxy groups -OCH3 is 4. The van der Waals surface area contributed by atoms with Gasteiger partial charge in [0.05, 0.1) is 104 Å². The lowest BCUT2D eigenvalue weighted by atomic mass is 9.67. The van der Waals surface area contributed by atoms with Crippen molar-refractivity contribution in [1.29, 1.82) is 0 Å². The van der Waals surface area contributed by atoms with Gasteiger partial charge in [-0.05, 0) is 137 Å². The number of nitrogens with one attached hydrogen (secondary N) is 9. The molecular formula is C82H99N9O33. The normalized spacial score (nSPS) is 25.0. The molecular weight excluding hydrogens is 1640 g/mol. The van der Waals surface area contributed by atoms with Crippen LogP contribution in [-0.2, 0) is 84.5 Å². The van der Waals surface area contributed by atoms with Gasteiger partial charge in [-0.25, -0.2) is 0 Å². The zero-order chi connectivity index (χ0) is 89.2. The third-order valence-corrected chi connectivity index (χ3v) is 22.6. The van der Waals surface area contributed by atoms with Gasteiger partial charge in [-0.15, -0.1) is 0 Å². The van der Waals surface area contributed by atoms with Crippen molar-refractivity contribution in [3.8, 4) is 69.0 Å². The van der Waals surface area contributed by atoms with Crippen LogP contribution in [0.4, 0.5) is 11.4 Å². The van der Waals surface area contributed by atoms with Gasteiger partial charge in [-0.3, -0.25) is 52.7 Å². The highest BCUT2D eigenvalue weighted by Crippen LogP contribution is 2.59. The van der Waals surface area contributed by atoms with Crippen LogP contribution in [0, 0.1) is 29.6 Å². The Kier molecular flexibility index (Phi) is 29.4. The number of fused-ring (bicyclic) bond motifs is 6. The zero-order valence-corrected chi connectivity index (χ0v) is 68.6. The van der Waals surface area contributed by atoms with Gasteiger partial charge < -0.3 is 155 Å². The fourth-order valence-electron chi connectivity index (χ4n) is 16.3. The van der Waals surface area contributed by atoms with Gasteiger partial charge in [0.1, 0.15) is 36.0 Å². The summed E-state index contributed by atoms with van der Waals surface area (Å²) in [4.78, 5) is 137. The molecule has 6 heterocycles.